The first-order valence-electron chi connectivity index (χ1n) is 6.35. The fourth-order valence-corrected chi connectivity index (χ4v) is 2.73. The van der Waals surface area contributed by atoms with Gasteiger partial charge in [0.25, 0.3) is 5.91 Å². The molecule has 0 bridgehead atoms. The largest absolute Gasteiger partial charge is 0.384 e. The minimum Gasteiger partial charge on any atom is -0.384 e. The van der Waals surface area contributed by atoms with Crippen LogP contribution in [-0.2, 0) is 4.74 Å². The number of hydrogen-bond acceptors (Lipinski definition) is 2. The fourth-order valence-electron chi connectivity index (χ4n) is 2.43. The van der Waals surface area contributed by atoms with Crippen molar-refractivity contribution in [3.8, 4) is 0 Å². The number of ether oxygens (including phenoxy) is 1. The van der Waals surface area contributed by atoms with E-state index in [2.05, 4.69) is 0 Å². The molecule has 0 saturated carbocycles. The average molecular weight is 302 g/mol. The van der Waals surface area contributed by atoms with E-state index in [1.54, 1.807) is 25.3 Å². The first-order chi connectivity index (χ1) is 9.11. The Balaban J connectivity index is 2.08. The summed E-state index contributed by atoms with van der Waals surface area (Å²) in [5, 5.41) is 0.882. The summed E-state index contributed by atoms with van der Waals surface area (Å²) in [5.41, 5.74) is 0.590. The number of hydrogen-bond donors (Lipinski definition) is 0. The Labute approximate surface area is 123 Å². The van der Waals surface area contributed by atoms with Crippen molar-refractivity contribution >= 4 is 29.1 Å². The molecule has 0 spiro atoms. The van der Waals surface area contributed by atoms with Crippen molar-refractivity contribution in [3.63, 3.8) is 0 Å². The molecule has 0 radical (unpaired) electrons. The zero-order valence-corrected chi connectivity index (χ0v) is 12.4. The molecule has 1 atom stereocenters. The SMILES string of the molecule is COCC1CCCN(C(=O)c2ccc(Cl)c(Cl)c2)C1. The highest BCUT2D eigenvalue weighted by molar-refractivity contribution is 6.42. The highest BCUT2D eigenvalue weighted by Gasteiger charge is 2.24. The average Bonchev–Trinajstić information content (AvgIpc) is 2.42. The summed E-state index contributed by atoms with van der Waals surface area (Å²) in [6.45, 7) is 2.23. The molecule has 1 saturated heterocycles. The highest BCUT2D eigenvalue weighted by Crippen LogP contribution is 2.24. The van der Waals surface area contributed by atoms with Gasteiger partial charge in [0.2, 0.25) is 0 Å². The molecule has 0 aromatic heterocycles. The molecule has 5 heteroatoms. The summed E-state index contributed by atoms with van der Waals surface area (Å²) in [6, 6.07) is 5.01. The van der Waals surface area contributed by atoms with Crippen molar-refractivity contribution in [2.24, 2.45) is 5.92 Å². The molecular formula is C14H17Cl2NO2. The predicted octanol–water partition coefficient (Wildman–Crippen LogP) is 3.49. The van der Waals surface area contributed by atoms with Crippen LogP contribution in [0.2, 0.25) is 10.0 Å². The lowest BCUT2D eigenvalue weighted by atomic mass is 9.98. The molecule has 0 aliphatic carbocycles. The van der Waals surface area contributed by atoms with E-state index in [1.807, 2.05) is 4.90 Å². The molecule has 1 fully saturated rings. The molecule has 1 amide bonds. The number of carbonyl (C=O) groups is 1. The molecule has 1 aromatic carbocycles. The second kappa shape index (κ2) is 6.60. The summed E-state index contributed by atoms with van der Waals surface area (Å²) in [6.07, 6.45) is 2.13. The zero-order valence-electron chi connectivity index (χ0n) is 10.9. The second-order valence-electron chi connectivity index (χ2n) is 4.84. The van der Waals surface area contributed by atoms with Gasteiger partial charge in [-0.25, -0.2) is 0 Å². The van der Waals surface area contributed by atoms with Crippen LogP contribution in [0.1, 0.15) is 23.2 Å². The Kier molecular flexibility index (Phi) is 5.08. The van der Waals surface area contributed by atoms with Crippen LogP contribution < -0.4 is 0 Å². The van der Waals surface area contributed by atoms with Gasteiger partial charge >= 0.3 is 0 Å². The number of likely N-dealkylation sites (tertiary alicyclic amines) is 1. The van der Waals surface area contributed by atoms with Crippen molar-refractivity contribution in [1.82, 2.24) is 4.90 Å². The van der Waals surface area contributed by atoms with E-state index >= 15 is 0 Å². The Morgan fingerprint density at radius 3 is 2.89 bits per heavy atom. The first kappa shape index (κ1) is 14.6. The second-order valence-corrected chi connectivity index (χ2v) is 5.66. The summed E-state index contributed by atoms with van der Waals surface area (Å²) in [4.78, 5) is 14.3. The summed E-state index contributed by atoms with van der Waals surface area (Å²) in [5.74, 6) is 0.435. The van der Waals surface area contributed by atoms with Crippen LogP contribution in [0.3, 0.4) is 0 Å². The topological polar surface area (TPSA) is 29.5 Å². The van der Waals surface area contributed by atoms with Crippen LogP contribution >= 0.6 is 23.2 Å². The molecule has 19 heavy (non-hydrogen) atoms. The maximum absolute atomic E-state index is 12.4. The Bertz CT molecular complexity index is 463. The summed E-state index contributed by atoms with van der Waals surface area (Å²) < 4.78 is 5.17. The Hall–Kier alpha value is -0.770. The normalized spacial score (nSPS) is 19.5. The number of benzene rings is 1. The van der Waals surface area contributed by atoms with Crippen molar-refractivity contribution in [2.45, 2.75) is 12.8 Å². The number of amides is 1. The minimum atomic E-state index is 0.0133. The van der Waals surface area contributed by atoms with Gasteiger partial charge in [0.1, 0.15) is 0 Å². The molecule has 1 aliphatic rings. The zero-order chi connectivity index (χ0) is 13.8. The standard InChI is InChI=1S/C14H17Cl2NO2/c1-19-9-10-3-2-6-17(8-10)14(18)11-4-5-12(15)13(16)7-11/h4-5,7,10H,2-3,6,8-9H2,1H3. The lowest BCUT2D eigenvalue weighted by molar-refractivity contribution is 0.0571. The molecular weight excluding hydrogens is 285 g/mol. The van der Waals surface area contributed by atoms with Crippen molar-refractivity contribution in [3.05, 3.63) is 33.8 Å². The van der Waals surface area contributed by atoms with Crippen LogP contribution in [0.5, 0.6) is 0 Å². The lowest BCUT2D eigenvalue weighted by Crippen LogP contribution is -2.41. The quantitative estimate of drug-likeness (QED) is 0.855. The van der Waals surface area contributed by atoms with Gasteiger partial charge in [-0.15, -0.1) is 0 Å². The smallest absolute Gasteiger partial charge is 0.253 e. The van der Waals surface area contributed by atoms with E-state index in [-0.39, 0.29) is 5.91 Å². The van der Waals surface area contributed by atoms with Crippen LogP contribution in [0.15, 0.2) is 18.2 Å². The van der Waals surface area contributed by atoms with Gasteiger partial charge in [0, 0.05) is 25.8 Å². The number of piperidine rings is 1. The van der Waals surface area contributed by atoms with Gasteiger partial charge in [0.05, 0.1) is 16.7 Å². The van der Waals surface area contributed by atoms with Crippen LogP contribution in [0.25, 0.3) is 0 Å². The maximum Gasteiger partial charge on any atom is 0.253 e. The minimum absolute atomic E-state index is 0.0133. The Morgan fingerprint density at radius 2 is 2.21 bits per heavy atom. The van der Waals surface area contributed by atoms with Crippen molar-refractivity contribution < 1.29 is 9.53 Å². The van der Waals surface area contributed by atoms with Gasteiger partial charge in [-0.2, -0.15) is 0 Å². The molecule has 1 unspecified atom stereocenters. The highest BCUT2D eigenvalue weighted by atomic mass is 35.5. The molecule has 0 N–H and O–H groups in total. The van der Waals surface area contributed by atoms with E-state index < -0.39 is 0 Å². The fraction of sp³-hybridized carbons (Fsp3) is 0.500. The first-order valence-corrected chi connectivity index (χ1v) is 7.10. The maximum atomic E-state index is 12.4. The van der Waals surface area contributed by atoms with E-state index in [4.69, 9.17) is 27.9 Å². The number of methoxy groups -OCH3 is 1. The number of halogens is 2. The third-order valence-electron chi connectivity index (χ3n) is 3.38. The van der Waals surface area contributed by atoms with Crippen LogP contribution in [-0.4, -0.2) is 37.6 Å². The molecule has 3 nitrogen and oxygen atoms in total. The third kappa shape index (κ3) is 3.62. The van der Waals surface area contributed by atoms with Crippen molar-refractivity contribution in [1.29, 1.82) is 0 Å². The predicted molar refractivity (Wildman–Crippen MR) is 77.0 cm³/mol. The molecule has 1 aromatic rings. The van der Waals surface area contributed by atoms with Gasteiger partial charge in [-0.3, -0.25) is 4.79 Å². The summed E-state index contributed by atoms with van der Waals surface area (Å²) >= 11 is 11.8. The van der Waals surface area contributed by atoms with E-state index in [0.717, 1.165) is 25.9 Å². The molecule has 1 heterocycles. The van der Waals surface area contributed by atoms with E-state index in [1.165, 1.54) is 0 Å². The lowest BCUT2D eigenvalue weighted by Gasteiger charge is -2.32. The summed E-state index contributed by atoms with van der Waals surface area (Å²) in [7, 11) is 1.69. The number of carbonyl (C=O) groups excluding carboxylic acids is 1. The van der Waals surface area contributed by atoms with Gasteiger partial charge < -0.3 is 9.64 Å². The van der Waals surface area contributed by atoms with E-state index in [0.29, 0.717) is 28.1 Å². The van der Waals surface area contributed by atoms with Gasteiger partial charge in [0.15, 0.2) is 0 Å². The monoisotopic (exact) mass is 301 g/mol. The molecule has 1 aliphatic heterocycles. The number of rotatable bonds is 3. The molecule has 104 valence electrons. The Morgan fingerprint density at radius 1 is 1.42 bits per heavy atom. The van der Waals surface area contributed by atoms with Gasteiger partial charge in [-0.1, -0.05) is 23.2 Å². The van der Waals surface area contributed by atoms with E-state index in [9.17, 15) is 4.79 Å². The van der Waals surface area contributed by atoms with Gasteiger partial charge in [-0.05, 0) is 37.0 Å². The van der Waals surface area contributed by atoms with Crippen LogP contribution in [0, 0.1) is 5.92 Å². The van der Waals surface area contributed by atoms with Crippen LogP contribution in [0.4, 0.5) is 0 Å². The number of nitrogens with zero attached hydrogens (tertiary/aromatic N) is 1. The molecule has 2 rings (SSSR count). The van der Waals surface area contributed by atoms with Crippen molar-refractivity contribution in [2.75, 3.05) is 26.8 Å². The third-order valence-corrected chi connectivity index (χ3v) is 4.11.